The molecule has 0 radical (unpaired) electrons. The van der Waals surface area contributed by atoms with Gasteiger partial charge in [0.2, 0.25) is 0 Å². The Morgan fingerprint density at radius 1 is 1.28 bits per heavy atom. The number of guanidine groups is 1. The predicted molar refractivity (Wildman–Crippen MR) is 117 cm³/mol. The molecule has 8 heteroatoms. The van der Waals surface area contributed by atoms with E-state index >= 15 is 0 Å². The predicted octanol–water partition coefficient (Wildman–Crippen LogP) is 2.96. The van der Waals surface area contributed by atoms with E-state index in [9.17, 15) is 0 Å². The lowest BCUT2D eigenvalue weighted by Gasteiger charge is -2.17. The highest BCUT2D eigenvalue weighted by molar-refractivity contribution is 14.0. The van der Waals surface area contributed by atoms with Crippen LogP contribution in [0, 0.1) is 0 Å². The van der Waals surface area contributed by atoms with Gasteiger partial charge in [-0.05, 0) is 19.1 Å². The van der Waals surface area contributed by atoms with E-state index in [0.29, 0.717) is 13.1 Å². The van der Waals surface area contributed by atoms with Crippen molar-refractivity contribution in [2.45, 2.75) is 19.6 Å². The maximum atomic E-state index is 5.84. The number of anilines is 1. The largest absolute Gasteiger partial charge is 0.489 e. The van der Waals surface area contributed by atoms with Crippen LogP contribution in [-0.4, -0.2) is 44.7 Å². The van der Waals surface area contributed by atoms with Crippen LogP contribution in [-0.2, 0) is 6.54 Å². The Kier molecular flexibility index (Phi) is 9.58. The molecule has 0 spiro atoms. The lowest BCUT2D eigenvalue weighted by molar-refractivity contribution is 0.224. The molecule has 0 fully saturated rings. The van der Waals surface area contributed by atoms with Crippen molar-refractivity contribution in [3.63, 3.8) is 0 Å². The number of aromatic nitrogens is 1. The van der Waals surface area contributed by atoms with Crippen molar-refractivity contribution in [1.82, 2.24) is 15.6 Å². The highest BCUT2D eigenvalue weighted by atomic mass is 127. The third-order valence-corrected chi connectivity index (χ3v) is 4.28. The highest BCUT2D eigenvalue weighted by Gasteiger charge is 2.07. The first-order valence-electron chi connectivity index (χ1n) is 7.86. The van der Waals surface area contributed by atoms with Crippen molar-refractivity contribution in [3.8, 4) is 5.75 Å². The van der Waals surface area contributed by atoms with E-state index in [2.05, 4.69) is 26.0 Å². The van der Waals surface area contributed by atoms with Crippen LogP contribution < -0.4 is 20.3 Å². The number of halogens is 1. The molecule has 2 rings (SSSR count). The normalized spacial score (nSPS) is 12.1. The number of hydrogen-bond donors (Lipinski definition) is 2. The molecule has 0 amide bonds. The number of nitrogens with zero attached hydrogens (tertiary/aromatic N) is 3. The zero-order chi connectivity index (χ0) is 17.4. The number of rotatable bonds is 7. The van der Waals surface area contributed by atoms with Crippen molar-refractivity contribution < 1.29 is 4.74 Å². The minimum absolute atomic E-state index is 0. The first-order chi connectivity index (χ1) is 11.6. The van der Waals surface area contributed by atoms with Crippen molar-refractivity contribution in [2.24, 2.45) is 4.99 Å². The van der Waals surface area contributed by atoms with Gasteiger partial charge in [-0.25, -0.2) is 4.98 Å². The molecular weight excluding hydrogens is 449 g/mol. The van der Waals surface area contributed by atoms with Gasteiger partial charge in [-0.2, -0.15) is 0 Å². The van der Waals surface area contributed by atoms with Crippen molar-refractivity contribution in [1.29, 1.82) is 0 Å². The Labute approximate surface area is 170 Å². The minimum atomic E-state index is 0. The van der Waals surface area contributed by atoms with Gasteiger partial charge in [0.1, 0.15) is 11.9 Å². The number of thiazole rings is 1. The summed E-state index contributed by atoms with van der Waals surface area (Å²) in [7, 11) is 5.74. The van der Waals surface area contributed by atoms with Crippen molar-refractivity contribution in [3.05, 3.63) is 41.4 Å². The van der Waals surface area contributed by atoms with Gasteiger partial charge in [0.15, 0.2) is 11.1 Å². The Hall–Kier alpha value is -1.55. The molecule has 138 valence electrons. The Morgan fingerprint density at radius 2 is 2.00 bits per heavy atom. The third-order valence-electron chi connectivity index (χ3n) is 3.22. The fraction of sp³-hybridized carbons (Fsp3) is 0.412. The second kappa shape index (κ2) is 11.1. The van der Waals surface area contributed by atoms with Crippen molar-refractivity contribution in [2.75, 3.05) is 32.6 Å². The summed E-state index contributed by atoms with van der Waals surface area (Å²) >= 11 is 1.63. The van der Waals surface area contributed by atoms with E-state index in [1.54, 1.807) is 18.4 Å². The topological polar surface area (TPSA) is 61.8 Å². The maximum absolute atomic E-state index is 5.84. The van der Waals surface area contributed by atoms with Crippen LogP contribution in [0.4, 0.5) is 5.13 Å². The highest BCUT2D eigenvalue weighted by Crippen LogP contribution is 2.17. The van der Waals surface area contributed by atoms with Crippen LogP contribution in [0.1, 0.15) is 12.6 Å². The molecule has 6 nitrogen and oxygen atoms in total. The lowest BCUT2D eigenvalue weighted by Crippen LogP contribution is -2.41. The van der Waals surface area contributed by atoms with Crippen LogP contribution in [0.2, 0.25) is 0 Å². The molecule has 0 bridgehead atoms. The summed E-state index contributed by atoms with van der Waals surface area (Å²) in [5.74, 6) is 1.60. The number of benzene rings is 1. The minimum Gasteiger partial charge on any atom is -0.489 e. The van der Waals surface area contributed by atoms with E-state index in [1.165, 1.54) is 0 Å². The van der Waals surface area contributed by atoms with E-state index in [-0.39, 0.29) is 30.1 Å². The number of aliphatic imine (C=N–C) groups is 1. The molecule has 0 saturated heterocycles. The van der Waals surface area contributed by atoms with Crippen LogP contribution in [0.25, 0.3) is 0 Å². The molecule has 25 heavy (non-hydrogen) atoms. The average Bonchev–Trinajstić information content (AvgIpc) is 3.05. The zero-order valence-electron chi connectivity index (χ0n) is 15.0. The number of ether oxygens (including phenoxy) is 1. The van der Waals surface area contributed by atoms with Gasteiger partial charge in [0, 0.05) is 26.5 Å². The molecule has 1 heterocycles. The number of para-hydroxylation sites is 1. The maximum Gasteiger partial charge on any atom is 0.191 e. The summed E-state index contributed by atoms with van der Waals surface area (Å²) in [6, 6.07) is 9.81. The van der Waals surface area contributed by atoms with Gasteiger partial charge in [-0.3, -0.25) is 4.99 Å². The number of nitrogens with one attached hydrogen (secondary N) is 2. The van der Waals surface area contributed by atoms with E-state index in [4.69, 9.17) is 4.74 Å². The first-order valence-corrected chi connectivity index (χ1v) is 8.74. The fourth-order valence-corrected chi connectivity index (χ4v) is 2.75. The summed E-state index contributed by atoms with van der Waals surface area (Å²) in [5, 5.41) is 9.59. The van der Waals surface area contributed by atoms with Gasteiger partial charge in [-0.15, -0.1) is 35.3 Å². The second-order valence-corrected chi connectivity index (χ2v) is 6.40. The van der Waals surface area contributed by atoms with E-state index < -0.39 is 0 Å². The fourth-order valence-electron chi connectivity index (χ4n) is 1.99. The third kappa shape index (κ3) is 7.47. The quantitative estimate of drug-likeness (QED) is 0.367. The molecule has 0 aliphatic heterocycles. The monoisotopic (exact) mass is 475 g/mol. The zero-order valence-corrected chi connectivity index (χ0v) is 18.2. The molecule has 0 aliphatic rings. The summed E-state index contributed by atoms with van der Waals surface area (Å²) in [6.45, 7) is 3.32. The molecule has 2 N–H and O–H groups in total. The molecule has 1 atom stereocenters. The number of hydrogen-bond acceptors (Lipinski definition) is 5. The summed E-state index contributed by atoms with van der Waals surface area (Å²) in [4.78, 5) is 10.8. The first kappa shape index (κ1) is 21.5. The van der Waals surface area contributed by atoms with Gasteiger partial charge in [0.05, 0.1) is 18.8 Å². The van der Waals surface area contributed by atoms with E-state index in [0.717, 1.165) is 22.5 Å². The second-order valence-electron chi connectivity index (χ2n) is 5.56. The Morgan fingerprint density at radius 3 is 2.60 bits per heavy atom. The van der Waals surface area contributed by atoms with Gasteiger partial charge >= 0.3 is 0 Å². The van der Waals surface area contributed by atoms with E-state index in [1.807, 2.05) is 56.3 Å². The Balaban J connectivity index is 0.00000312. The Bertz CT molecular complexity index is 647. The lowest BCUT2D eigenvalue weighted by atomic mass is 10.3. The molecule has 1 unspecified atom stereocenters. The molecule has 1 aromatic carbocycles. The molecule has 0 aliphatic carbocycles. The van der Waals surface area contributed by atoms with Crippen LogP contribution in [0.15, 0.2) is 40.7 Å². The van der Waals surface area contributed by atoms with Gasteiger partial charge in [-0.1, -0.05) is 18.2 Å². The van der Waals surface area contributed by atoms with Crippen LogP contribution in [0.3, 0.4) is 0 Å². The van der Waals surface area contributed by atoms with Gasteiger partial charge < -0.3 is 20.3 Å². The van der Waals surface area contributed by atoms with Crippen LogP contribution in [0.5, 0.6) is 5.75 Å². The SMILES string of the molecule is CN=C(NCc1csc(N(C)C)n1)NCC(C)Oc1ccccc1.I. The molecule has 1 aromatic heterocycles. The molecule has 0 saturated carbocycles. The molecule has 2 aromatic rings. The standard InChI is InChI=1S/C17H25N5OS.HI/c1-13(23-15-8-6-5-7-9-15)10-19-16(18-2)20-11-14-12-24-17(21-14)22(3)4;/h5-9,12-13H,10-11H2,1-4H3,(H2,18,19,20);1H. The smallest absolute Gasteiger partial charge is 0.191 e. The summed E-state index contributed by atoms with van der Waals surface area (Å²) in [5.41, 5.74) is 1.00. The van der Waals surface area contributed by atoms with Crippen molar-refractivity contribution >= 4 is 46.4 Å². The molecular formula is C17H26IN5OS. The van der Waals surface area contributed by atoms with Gasteiger partial charge in [0.25, 0.3) is 0 Å². The summed E-state index contributed by atoms with van der Waals surface area (Å²) in [6.07, 6.45) is 0.0329. The van der Waals surface area contributed by atoms with Crippen LogP contribution >= 0.6 is 35.3 Å². The summed E-state index contributed by atoms with van der Waals surface area (Å²) < 4.78 is 5.84. The average molecular weight is 475 g/mol.